The van der Waals surface area contributed by atoms with E-state index in [-0.39, 0.29) is 34.9 Å². The largest absolute Gasteiger partial charge is 0.352 e. The number of hydrogen-bond acceptors (Lipinski definition) is 4. The van der Waals surface area contributed by atoms with Gasteiger partial charge in [-0.3, -0.25) is 9.59 Å². The Kier molecular flexibility index (Phi) is 5.84. The highest BCUT2D eigenvalue weighted by molar-refractivity contribution is 7.91. The Labute approximate surface area is 165 Å². The van der Waals surface area contributed by atoms with Gasteiger partial charge in [0.15, 0.2) is 9.84 Å². The van der Waals surface area contributed by atoms with E-state index in [4.69, 9.17) is 0 Å². The topological polar surface area (TPSA) is 83.6 Å². The van der Waals surface area contributed by atoms with Crippen LogP contribution in [0.4, 0.5) is 5.69 Å². The number of amides is 2. The second-order valence-corrected chi connectivity index (χ2v) is 9.17. The molecule has 7 heteroatoms. The summed E-state index contributed by atoms with van der Waals surface area (Å²) >= 11 is 0. The summed E-state index contributed by atoms with van der Waals surface area (Å²) in [5.74, 6) is -0.611. The smallest absolute Gasteiger partial charge is 0.224 e. The molecule has 1 heterocycles. The quantitative estimate of drug-likeness (QED) is 0.807. The van der Waals surface area contributed by atoms with Crippen LogP contribution in [0.3, 0.4) is 0 Å². The van der Waals surface area contributed by atoms with Gasteiger partial charge in [0.2, 0.25) is 11.8 Å². The number of anilines is 1. The van der Waals surface area contributed by atoms with Crippen molar-refractivity contribution < 1.29 is 18.0 Å². The molecule has 0 bridgehead atoms. The highest BCUT2D eigenvalue weighted by atomic mass is 32.2. The highest BCUT2D eigenvalue weighted by Crippen LogP contribution is 2.34. The number of hydrogen-bond donors (Lipinski definition) is 1. The van der Waals surface area contributed by atoms with Gasteiger partial charge < -0.3 is 10.2 Å². The standard InChI is InChI=1S/C21H24N2O4S/c1-15-12-18-13-19(8-9-20(18)23(15)16(2)24)28(26,27)11-10-21(25)22-14-17-6-4-3-5-7-17/h3-9,13,15H,10-12,14H2,1-2H3,(H,22,25). The van der Waals surface area contributed by atoms with Gasteiger partial charge in [0.1, 0.15) is 0 Å². The Bertz CT molecular complexity index is 987. The van der Waals surface area contributed by atoms with E-state index in [1.165, 1.54) is 13.0 Å². The Morgan fingerprint density at radius 1 is 1.14 bits per heavy atom. The summed E-state index contributed by atoms with van der Waals surface area (Å²) in [7, 11) is -3.58. The Balaban J connectivity index is 1.63. The van der Waals surface area contributed by atoms with Gasteiger partial charge in [0.05, 0.1) is 10.6 Å². The summed E-state index contributed by atoms with van der Waals surface area (Å²) in [6, 6.07) is 14.3. The molecule has 0 saturated carbocycles. The van der Waals surface area contributed by atoms with Crippen LogP contribution < -0.4 is 10.2 Å². The number of carbonyl (C=O) groups excluding carboxylic acids is 2. The van der Waals surface area contributed by atoms with E-state index in [9.17, 15) is 18.0 Å². The number of nitrogens with one attached hydrogen (secondary N) is 1. The first-order valence-corrected chi connectivity index (χ1v) is 10.9. The molecule has 1 unspecified atom stereocenters. The molecule has 0 spiro atoms. The number of sulfone groups is 1. The zero-order valence-electron chi connectivity index (χ0n) is 16.0. The molecule has 0 saturated heterocycles. The van der Waals surface area contributed by atoms with Crippen molar-refractivity contribution in [3.05, 3.63) is 59.7 Å². The summed E-state index contributed by atoms with van der Waals surface area (Å²) in [6.07, 6.45) is 0.526. The molecular formula is C21H24N2O4S. The Morgan fingerprint density at radius 2 is 1.86 bits per heavy atom. The lowest BCUT2D eigenvalue weighted by Gasteiger charge is -2.20. The zero-order valence-corrected chi connectivity index (χ0v) is 16.8. The third kappa shape index (κ3) is 4.42. The van der Waals surface area contributed by atoms with Crippen molar-refractivity contribution in [2.45, 2.75) is 44.2 Å². The van der Waals surface area contributed by atoms with Crippen molar-refractivity contribution in [2.75, 3.05) is 10.7 Å². The van der Waals surface area contributed by atoms with Gasteiger partial charge in [-0.05, 0) is 42.7 Å². The SMILES string of the molecule is CC(=O)N1c2ccc(S(=O)(=O)CCC(=O)NCc3ccccc3)cc2CC1C. The van der Waals surface area contributed by atoms with Gasteiger partial charge in [-0.1, -0.05) is 30.3 Å². The van der Waals surface area contributed by atoms with E-state index < -0.39 is 9.84 Å². The normalized spacial score (nSPS) is 15.9. The molecule has 2 amide bonds. The molecule has 148 valence electrons. The van der Waals surface area contributed by atoms with E-state index in [1.807, 2.05) is 37.3 Å². The molecule has 1 aliphatic rings. The van der Waals surface area contributed by atoms with E-state index >= 15 is 0 Å². The van der Waals surface area contributed by atoms with Gasteiger partial charge in [-0.2, -0.15) is 0 Å². The maximum Gasteiger partial charge on any atom is 0.224 e. The first kappa shape index (κ1) is 20.1. The fraction of sp³-hybridized carbons (Fsp3) is 0.333. The van der Waals surface area contributed by atoms with Crippen molar-refractivity contribution >= 4 is 27.3 Å². The maximum atomic E-state index is 12.6. The minimum absolute atomic E-state index is 0.00854. The van der Waals surface area contributed by atoms with Gasteiger partial charge in [-0.15, -0.1) is 0 Å². The minimum atomic E-state index is -3.58. The monoisotopic (exact) mass is 400 g/mol. The van der Waals surface area contributed by atoms with E-state index in [1.54, 1.807) is 17.0 Å². The lowest BCUT2D eigenvalue weighted by molar-refractivity contribution is -0.121. The summed E-state index contributed by atoms with van der Waals surface area (Å²) in [6.45, 7) is 3.81. The van der Waals surface area contributed by atoms with Crippen molar-refractivity contribution in [1.82, 2.24) is 5.32 Å². The number of fused-ring (bicyclic) bond motifs is 1. The number of benzene rings is 2. The van der Waals surface area contributed by atoms with Crippen molar-refractivity contribution in [1.29, 1.82) is 0 Å². The maximum absolute atomic E-state index is 12.6. The van der Waals surface area contributed by atoms with E-state index in [0.29, 0.717) is 13.0 Å². The van der Waals surface area contributed by atoms with Crippen LogP contribution in [-0.2, 0) is 32.4 Å². The van der Waals surface area contributed by atoms with E-state index in [0.717, 1.165) is 16.8 Å². The highest BCUT2D eigenvalue weighted by Gasteiger charge is 2.30. The molecule has 2 aromatic rings. The molecule has 6 nitrogen and oxygen atoms in total. The van der Waals surface area contributed by atoms with E-state index in [2.05, 4.69) is 5.32 Å². The third-order valence-corrected chi connectivity index (χ3v) is 6.61. The van der Waals surface area contributed by atoms with Crippen molar-refractivity contribution in [3.8, 4) is 0 Å². The predicted octanol–water partition coefficient (Wildman–Crippen LogP) is 2.46. The Hall–Kier alpha value is -2.67. The number of rotatable bonds is 6. The second-order valence-electron chi connectivity index (χ2n) is 7.06. The molecule has 1 atom stereocenters. The minimum Gasteiger partial charge on any atom is -0.352 e. The predicted molar refractivity (Wildman–Crippen MR) is 108 cm³/mol. The fourth-order valence-electron chi connectivity index (χ4n) is 3.51. The van der Waals surface area contributed by atoms with Crippen LogP contribution in [0.2, 0.25) is 0 Å². The average molecular weight is 401 g/mol. The first-order chi connectivity index (χ1) is 13.3. The van der Waals surface area contributed by atoms with Gasteiger partial charge in [0, 0.05) is 31.6 Å². The molecule has 0 aromatic heterocycles. The van der Waals surface area contributed by atoms with Crippen LogP contribution in [-0.4, -0.2) is 32.0 Å². The molecule has 2 aromatic carbocycles. The molecule has 0 aliphatic carbocycles. The summed E-state index contributed by atoms with van der Waals surface area (Å²) in [4.78, 5) is 25.7. The third-order valence-electron chi connectivity index (χ3n) is 4.90. The Morgan fingerprint density at radius 3 is 2.54 bits per heavy atom. The summed E-state index contributed by atoms with van der Waals surface area (Å²) in [5, 5.41) is 2.74. The number of nitrogens with zero attached hydrogens (tertiary/aromatic N) is 1. The molecule has 28 heavy (non-hydrogen) atoms. The summed E-state index contributed by atoms with van der Waals surface area (Å²) in [5.41, 5.74) is 2.57. The number of carbonyl (C=O) groups is 2. The van der Waals surface area contributed by atoms with Crippen LogP contribution in [0.15, 0.2) is 53.4 Å². The molecule has 0 radical (unpaired) electrons. The van der Waals surface area contributed by atoms with Crippen LogP contribution in [0.25, 0.3) is 0 Å². The summed E-state index contributed by atoms with van der Waals surface area (Å²) < 4.78 is 25.3. The lowest BCUT2D eigenvalue weighted by Crippen LogP contribution is -2.33. The molecule has 0 fully saturated rings. The van der Waals surface area contributed by atoms with Crippen molar-refractivity contribution in [2.24, 2.45) is 0 Å². The van der Waals surface area contributed by atoms with Gasteiger partial charge in [0.25, 0.3) is 0 Å². The van der Waals surface area contributed by atoms with Crippen LogP contribution in [0.5, 0.6) is 0 Å². The fourth-order valence-corrected chi connectivity index (χ4v) is 4.80. The molecular weight excluding hydrogens is 376 g/mol. The van der Waals surface area contributed by atoms with Crippen molar-refractivity contribution in [3.63, 3.8) is 0 Å². The average Bonchev–Trinajstić information content (AvgIpc) is 3.00. The molecule has 3 rings (SSSR count). The second kappa shape index (κ2) is 8.14. The molecule has 1 N–H and O–H groups in total. The zero-order chi connectivity index (χ0) is 20.3. The molecule has 1 aliphatic heterocycles. The van der Waals surface area contributed by atoms with Crippen LogP contribution in [0, 0.1) is 0 Å². The van der Waals surface area contributed by atoms with Gasteiger partial charge >= 0.3 is 0 Å². The van der Waals surface area contributed by atoms with Crippen LogP contribution in [0.1, 0.15) is 31.4 Å². The van der Waals surface area contributed by atoms with Gasteiger partial charge in [-0.25, -0.2) is 8.42 Å². The first-order valence-electron chi connectivity index (χ1n) is 9.24. The lowest BCUT2D eigenvalue weighted by atomic mass is 10.1. The van der Waals surface area contributed by atoms with Crippen LogP contribution >= 0.6 is 0 Å².